The van der Waals surface area contributed by atoms with Crippen molar-refractivity contribution in [2.45, 2.75) is 26.0 Å². The second-order valence-corrected chi connectivity index (χ2v) is 8.17. The van der Waals surface area contributed by atoms with Gasteiger partial charge in [-0.25, -0.2) is 0 Å². The molecule has 30 heavy (non-hydrogen) atoms. The number of carboxylic acids is 1. The van der Waals surface area contributed by atoms with Gasteiger partial charge in [0, 0.05) is 35.8 Å². The van der Waals surface area contributed by atoms with E-state index in [0.29, 0.717) is 13.0 Å². The van der Waals surface area contributed by atoms with Gasteiger partial charge in [-0.05, 0) is 46.7 Å². The van der Waals surface area contributed by atoms with Crippen LogP contribution in [0.3, 0.4) is 0 Å². The molecule has 5 heteroatoms. The first-order valence-corrected chi connectivity index (χ1v) is 10.8. The molecule has 0 atom stereocenters. The molecule has 0 aliphatic carbocycles. The molecule has 4 rings (SSSR count). The zero-order valence-corrected chi connectivity index (χ0v) is 17.3. The molecule has 0 aliphatic rings. The highest BCUT2D eigenvalue weighted by molar-refractivity contribution is 7.09. The van der Waals surface area contributed by atoms with Crippen LogP contribution in [0.15, 0.2) is 84.5 Å². The van der Waals surface area contributed by atoms with E-state index in [1.54, 1.807) is 11.3 Å². The Morgan fingerprint density at radius 3 is 2.47 bits per heavy atom. The lowest BCUT2D eigenvalue weighted by molar-refractivity contribution is -0.136. The lowest BCUT2D eigenvalue weighted by Crippen LogP contribution is -1.99. The molecule has 2 aromatic carbocycles. The van der Waals surface area contributed by atoms with Gasteiger partial charge in [-0.1, -0.05) is 48.5 Å². The second kappa shape index (κ2) is 9.46. The molecule has 1 N–H and O–H groups in total. The Hall–Kier alpha value is -3.31. The number of rotatable bonds is 9. The molecule has 4 aromatic rings. The Balaban J connectivity index is 1.47. The number of nitrogens with zero attached hydrogens (tertiary/aromatic N) is 1. The van der Waals surface area contributed by atoms with Crippen LogP contribution < -0.4 is 4.74 Å². The van der Waals surface area contributed by atoms with Gasteiger partial charge in [0.2, 0.25) is 0 Å². The zero-order chi connectivity index (χ0) is 20.8. The quantitative estimate of drug-likeness (QED) is 0.371. The normalized spacial score (nSPS) is 10.8. The molecule has 2 heterocycles. The van der Waals surface area contributed by atoms with Gasteiger partial charge in [0.05, 0.1) is 0 Å². The van der Waals surface area contributed by atoms with Crippen LogP contribution in [0.1, 0.15) is 22.4 Å². The van der Waals surface area contributed by atoms with Gasteiger partial charge in [0.25, 0.3) is 0 Å². The van der Waals surface area contributed by atoms with E-state index in [1.165, 1.54) is 4.88 Å². The predicted molar refractivity (Wildman–Crippen MR) is 120 cm³/mol. The van der Waals surface area contributed by atoms with E-state index in [9.17, 15) is 4.79 Å². The maximum absolute atomic E-state index is 11.1. The van der Waals surface area contributed by atoms with Gasteiger partial charge >= 0.3 is 5.97 Å². The smallest absolute Gasteiger partial charge is 0.303 e. The fourth-order valence-electron chi connectivity index (χ4n) is 3.42. The zero-order valence-electron chi connectivity index (χ0n) is 16.5. The van der Waals surface area contributed by atoms with Crippen LogP contribution in [-0.2, 0) is 24.4 Å². The molecule has 0 saturated heterocycles. The average Bonchev–Trinajstić information content (AvgIpc) is 3.42. The number of thiophene rings is 1. The lowest BCUT2D eigenvalue weighted by Gasteiger charge is -2.07. The highest BCUT2D eigenvalue weighted by atomic mass is 32.1. The summed E-state index contributed by atoms with van der Waals surface area (Å²) < 4.78 is 7.97. The maximum Gasteiger partial charge on any atom is 0.303 e. The molecule has 0 aliphatic heterocycles. The molecule has 0 radical (unpaired) electrons. The van der Waals surface area contributed by atoms with Gasteiger partial charge in [-0.15, -0.1) is 11.3 Å². The number of hydrogen-bond acceptors (Lipinski definition) is 3. The van der Waals surface area contributed by atoms with Crippen molar-refractivity contribution in [3.63, 3.8) is 0 Å². The van der Waals surface area contributed by atoms with Crippen molar-refractivity contribution in [3.05, 3.63) is 101 Å². The van der Waals surface area contributed by atoms with Gasteiger partial charge in [0.1, 0.15) is 12.4 Å². The first-order valence-electron chi connectivity index (χ1n) is 9.87. The van der Waals surface area contributed by atoms with Gasteiger partial charge < -0.3 is 14.4 Å². The van der Waals surface area contributed by atoms with Crippen LogP contribution in [0.5, 0.6) is 5.75 Å². The van der Waals surface area contributed by atoms with Crippen LogP contribution >= 0.6 is 11.3 Å². The number of carboxylic acid groups (broad SMARTS) is 1. The summed E-state index contributed by atoms with van der Waals surface area (Å²) in [6, 6.07) is 22.3. The van der Waals surface area contributed by atoms with Crippen molar-refractivity contribution in [1.29, 1.82) is 0 Å². The third-order valence-corrected chi connectivity index (χ3v) is 5.76. The topological polar surface area (TPSA) is 51.5 Å². The molecule has 0 bridgehead atoms. The van der Waals surface area contributed by atoms with Crippen molar-refractivity contribution >= 4 is 17.3 Å². The first kappa shape index (κ1) is 20.0. The lowest BCUT2D eigenvalue weighted by atomic mass is 10.0. The fraction of sp³-hybridized carbons (Fsp3) is 0.160. The minimum atomic E-state index is -0.778. The first-order chi connectivity index (χ1) is 14.7. The van der Waals surface area contributed by atoms with Crippen molar-refractivity contribution in [1.82, 2.24) is 4.57 Å². The van der Waals surface area contributed by atoms with E-state index in [-0.39, 0.29) is 6.42 Å². The number of aryl methyl sites for hydroxylation is 1. The third-order valence-electron chi connectivity index (χ3n) is 4.91. The minimum absolute atomic E-state index is 0.125. The Labute approximate surface area is 180 Å². The SMILES string of the molecule is O=C(O)CCc1cn(Cc2ccc(OCc3cccs3)cc2)cc1-c1ccccc1. The minimum Gasteiger partial charge on any atom is -0.488 e. The number of carbonyl (C=O) groups is 1. The standard InChI is InChI=1S/C25H23NO3S/c27-25(28)13-10-21-16-26(17-24(21)20-5-2-1-3-6-20)15-19-8-11-22(12-9-19)29-18-23-7-4-14-30-23/h1-9,11-12,14,16-17H,10,13,15,18H2,(H,27,28). The summed E-state index contributed by atoms with van der Waals surface area (Å²) in [5.74, 6) is 0.0756. The highest BCUT2D eigenvalue weighted by Gasteiger charge is 2.11. The number of aromatic nitrogens is 1. The molecule has 0 unspecified atom stereocenters. The molecule has 0 fully saturated rings. The summed E-state index contributed by atoms with van der Waals surface area (Å²) in [5.41, 5.74) is 4.42. The summed E-state index contributed by atoms with van der Waals surface area (Å²) in [4.78, 5) is 12.3. The van der Waals surface area contributed by atoms with Crippen LogP contribution in [0.25, 0.3) is 11.1 Å². The van der Waals surface area contributed by atoms with Crippen molar-refractivity contribution in [3.8, 4) is 16.9 Å². The van der Waals surface area contributed by atoms with Crippen molar-refractivity contribution in [2.75, 3.05) is 0 Å². The van der Waals surface area contributed by atoms with Gasteiger partial charge in [-0.2, -0.15) is 0 Å². The molecular weight excluding hydrogens is 394 g/mol. The Morgan fingerprint density at radius 2 is 1.77 bits per heavy atom. The summed E-state index contributed by atoms with van der Waals surface area (Å²) in [7, 11) is 0. The third kappa shape index (κ3) is 5.19. The van der Waals surface area contributed by atoms with E-state index in [4.69, 9.17) is 9.84 Å². The molecular formula is C25H23NO3S. The summed E-state index contributed by atoms with van der Waals surface area (Å²) in [5, 5.41) is 11.1. The molecule has 152 valence electrons. The van der Waals surface area contributed by atoms with E-state index < -0.39 is 5.97 Å². The van der Waals surface area contributed by atoms with Crippen LogP contribution in [0.4, 0.5) is 0 Å². The van der Waals surface area contributed by atoms with E-state index >= 15 is 0 Å². The van der Waals surface area contributed by atoms with Crippen LogP contribution in [-0.4, -0.2) is 15.6 Å². The molecule has 0 saturated carbocycles. The number of ether oxygens (including phenoxy) is 1. The number of hydrogen-bond donors (Lipinski definition) is 1. The van der Waals surface area contributed by atoms with E-state index in [1.807, 2.05) is 41.8 Å². The van der Waals surface area contributed by atoms with E-state index in [2.05, 4.69) is 47.3 Å². The number of benzene rings is 2. The van der Waals surface area contributed by atoms with E-state index in [0.717, 1.165) is 34.5 Å². The highest BCUT2D eigenvalue weighted by Crippen LogP contribution is 2.27. The van der Waals surface area contributed by atoms with Gasteiger partial charge in [0.15, 0.2) is 0 Å². The average molecular weight is 418 g/mol. The fourth-order valence-corrected chi connectivity index (χ4v) is 4.03. The van der Waals surface area contributed by atoms with Crippen molar-refractivity contribution in [2.24, 2.45) is 0 Å². The van der Waals surface area contributed by atoms with Gasteiger partial charge in [-0.3, -0.25) is 4.79 Å². The molecule has 0 amide bonds. The maximum atomic E-state index is 11.1. The predicted octanol–water partition coefficient (Wildman–Crippen LogP) is 5.86. The van der Waals surface area contributed by atoms with Crippen LogP contribution in [0, 0.1) is 0 Å². The Kier molecular flexibility index (Phi) is 6.30. The largest absolute Gasteiger partial charge is 0.488 e. The Morgan fingerprint density at radius 1 is 0.967 bits per heavy atom. The monoisotopic (exact) mass is 417 g/mol. The summed E-state index contributed by atoms with van der Waals surface area (Å²) in [6.45, 7) is 1.31. The summed E-state index contributed by atoms with van der Waals surface area (Å²) >= 11 is 1.69. The second-order valence-electron chi connectivity index (χ2n) is 7.14. The number of aliphatic carboxylic acids is 1. The van der Waals surface area contributed by atoms with Crippen molar-refractivity contribution < 1.29 is 14.6 Å². The summed E-state index contributed by atoms with van der Waals surface area (Å²) in [6.07, 6.45) is 4.81. The molecule has 4 nitrogen and oxygen atoms in total. The molecule has 0 spiro atoms. The Bertz CT molecular complexity index is 1080. The van der Waals surface area contributed by atoms with Crippen LogP contribution in [0.2, 0.25) is 0 Å². The molecule has 2 aromatic heterocycles.